The summed E-state index contributed by atoms with van der Waals surface area (Å²) in [6, 6.07) is 64.9. The SMILES string of the molecule is CC1(C)c2ccccc2-c2ccc(N(c3ccccc3)c3ccc(-c4ccc5ccc6nc(-c7ccc(-c8ccccc8)cc7)oc6c5c4)cc3)cc21. The van der Waals surface area contributed by atoms with Gasteiger partial charge in [0.25, 0.3) is 0 Å². The van der Waals surface area contributed by atoms with Crippen molar-refractivity contribution in [2.45, 2.75) is 19.3 Å². The van der Waals surface area contributed by atoms with E-state index in [9.17, 15) is 0 Å². The fourth-order valence-corrected chi connectivity index (χ4v) is 8.10. The highest BCUT2D eigenvalue weighted by Crippen LogP contribution is 2.50. The van der Waals surface area contributed by atoms with Crippen molar-refractivity contribution in [1.29, 1.82) is 0 Å². The first-order valence-electron chi connectivity index (χ1n) is 18.2. The minimum Gasteiger partial charge on any atom is -0.435 e. The first-order valence-corrected chi connectivity index (χ1v) is 18.2. The summed E-state index contributed by atoms with van der Waals surface area (Å²) in [6.45, 7) is 4.67. The van der Waals surface area contributed by atoms with Crippen LogP contribution in [0.1, 0.15) is 25.0 Å². The van der Waals surface area contributed by atoms with E-state index >= 15 is 0 Å². The molecule has 0 spiro atoms. The zero-order valence-corrected chi connectivity index (χ0v) is 29.6. The van der Waals surface area contributed by atoms with Crippen molar-refractivity contribution >= 4 is 38.9 Å². The Bertz CT molecular complexity index is 2780. The summed E-state index contributed by atoms with van der Waals surface area (Å²) in [7, 11) is 0. The second-order valence-corrected chi connectivity index (χ2v) is 14.4. The number of aromatic nitrogens is 1. The average molecular weight is 681 g/mol. The Balaban J connectivity index is 0.997. The molecule has 0 fully saturated rings. The van der Waals surface area contributed by atoms with Gasteiger partial charge in [-0.05, 0) is 111 Å². The van der Waals surface area contributed by atoms with E-state index in [0.717, 1.165) is 55.6 Å². The summed E-state index contributed by atoms with van der Waals surface area (Å²) in [5, 5.41) is 2.17. The monoisotopic (exact) mass is 680 g/mol. The molecule has 0 unspecified atom stereocenters. The number of hydrogen-bond donors (Lipinski definition) is 0. The van der Waals surface area contributed by atoms with Crippen molar-refractivity contribution in [1.82, 2.24) is 4.98 Å². The third-order valence-electron chi connectivity index (χ3n) is 10.9. The molecule has 3 heteroatoms. The molecule has 1 aliphatic rings. The Labute approximate surface area is 309 Å². The Morgan fingerprint density at radius 2 is 1.02 bits per heavy atom. The van der Waals surface area contributed by atoms with Crippen molar-refractivity contribution in [2.24, 2.45) is 0 Å². The largest absolute Gasteiger partial charge is 0.435 e. The molecule has 0 saturated carbocycles. The number of nitrogens with zero attached hydrogens (tertiary/aromatic N) is 2. The van der Waals surface area contributed by atoms with Gasteiger partial charge in [0.2, 0.25) is 5.89 Å². The molecule has 8 aromatic carbocycles. The molecular formula is C50H36N2O. The first kappa shape index (κ1) is 31.1. The van der Waals surface area contributed by atoms with Crippen LogP contribution in [0.5, 0.6) is 0 Å². The predicted molar refractivity (Wildman–Crippen MR) is 220 cm³/mol. The van der Waals surface area contributed by atoms with Crippen molar-refractivity contribution in [3.63, 3.8) is 0 Å². The van der Waals surface area contributed by atoms with Crippen LogP contribution < -0.4 is 4.90 Å². The number of oxazole rings is 1. The predicted octanol–water partition coefficient (Wildman–Crippen LogP) is 13.8. The fraction of sp³-hybridized carbons (Fsp3) is 0.0600. The lowest BCUT2D eigenvalue weighted by molar-refractivity contribution is 0.623. The first-order chi connectivity index (χ1) is 26.0. The third kappa shape index (κ3) is 5.24. The number of fused-ring (bicyclic) bond motifs is 6. The molecule has 0 amide bonds. The zero-order valence-electron chi connectivity index (χ0n) is 29.6. The zero-order chi connectivity index (χ0) is 35.5. The van der Waals surface area contributed by atoms with Crippen molar-refractivity contribution in [3.05, 3.63) is 193 Å². The summed E-state index contributed by atoms with van der Waals surface area (Å²) in [5.41, 5.74) is 15.9. The lowest BCUT2D eigenvalue weighted by Crippen LogP contribution is -2.16. The van der Waals surface area contributed by atoms with Crippen molar-refractivity contribution < 1.29 is 4.42 Å². The normalized spacial score (nSPS) is 12.9. The van der Waals surface area contributed by atoms with Crippen LogP contribution in [-0.4, -0.2) is 4.98 Å². The van der Waals surface area contributed by atoms with Crippen LogP contribution in [-0.2, 0) is 5.41 Å². The highest BCUT2D eigenvalue weighted by atomic mass is 16.3. The van der Waals surface area contributed by atoms with Crippen LogP contribution in [0.4, 0.5) is 17.1 Å². The molecule has 10 rings (SSSR count). The van der Waals surface area contributed by atoms with E-state index in [2.05, 4.69) is 195 Å². The van der Waals surface area contributed by atoms with E-state index in [1.165, 1.54) is 33.4 Å². The third-order valence-corrected chi connectivity index (χ3v) is 10.9. The maximum Gasteiger partial charge on any atom is 0.227 e. The Morgan fingerprint density at radius 3 is 1.81 bits per heavy atom. The van der Waals surface area contributed by atoms with Crippen LogP contribution in [0.3, 0.4) is 0 Å². The van der Waals surface area contributed by atoms with Gasteiger partial charge in [-0.25, -0.2) is 4.98 Å². The molecule has 1 aromatic heterocycles. The van der Waals surface area contributed by atoms with Gasteiger partial charge in [-0.15, -0.1) is 0 Å². The molecule has 0 atom stereocenters. The van der Waals surface area contributed by atoms with Gasteiger partial charge in [-0.2, -0.15) is 0 Å². The van der Waals surface area contributed by atoms with Gasteiger partial charge in [0.05, 0.1) is 0 Å². The average Bonchev–Trinajstić information content (AvgIpc) is 3.76. The minimum absolute atomic E-state index is 0.0765. The smallest absolute Gasteiger partial charge is 0.227 e. The standard InChI is InChI=1S/C50H36N2O/c1-50(2)45-16-10-9-15-42(45)43-29-28-41(32-46(43)50)52(39-13-7-4-8-14-39)40-26-23-35(24-27-40)38-22-19-36-25-30-47-48(44(36)31-38)53-49(51-47)37-20-17-34(18-21-37)33-11-5-3-6-12-33/h3-32H,1-2H3. The second-order valence-electron chi connectivity index (χ2n) is 14.4. The fourth-order valence-electron chi connectivity index (χ4n) is 8.10. The number of hydrogen-bond acceptors (Lipinski definition) is 3. The number of benzene rings is 8. The molecular weight excluding hydrogens is 645 g/mol. The van der Waals surface area contributed by atoms with E-state index in [-0.39, 0.29) is 5.41 Å². The molecule has 1 heterocycles. The number of para-hydroxylation sites is 1. The minimum atomic E-state index is -0.0765. The Kier molecular flexibility index (Phi) is 7.16. The molecule has 1 aliphatic carbocycles. The maximum absolute atomic E-state index is 6.50. The highest BCUT2D eigenvalue weighted by molar-refractivity contribution is 6.05. The summed E-state index contributed by atoms with van der Waals surface area (Å²) >= 11 is 0. The Hall–Kier alpha value is -6.71. The Morgan fingerprint density at radius 1 is 0.453 bits per heavy atom. The molecule has 0 radical (unpaired) electrons. The molecule has 3 nitrogen and oxygen atoms in total. The summed E-state index contributed by atoms with van der Waals surface area (Å²) < 4.78 is 6.50. The van der Waals surface area contributed by atoms with Gasteiger partial charge in [-0.1, -0.05) is 135 Å². The molecule has 9 aromatic rings. The summed E-state index contributed by atoms with van der Waals surface area (Å²) in [6.07, 6.45) is 0. The van der Waals surface area contributed by atoms with Gasteiger partial charge in [0, 0.05) is 33.4 Å². The van der Waals surface area contributed by atoms with Crippen LogP contribution >= 0.6 is 0 Å². The van der Waals surface area contributed by atoms with Crippen LogP contribution in [0.25, 0.3) is 66.7 Å². The summed E-state index contributed by atoms with van der Waals surface area (Å²) in [4.78, 5) is 7.25. The van der Waals surface area contributed by atoms with E-state index in [1.54, 1.807) is 0 Å². The molecule has 0 bridgehead atoms. The van der Waals surface area contributed by atoms with E-state index in [1.807, 2.05) is 6.07 Å². The van der Waals surface area contributed by atoms with Gasteiger partial charge in [0.1, 0.15) is 5.52 Å². The van der Waals surface area contributed by atoms with Crippen molar-refractivity contribution in [3.8, 4) is 44.8 Å². The quantitative estimate of drug-likeness (QED) is 0.175. The number of rotatable bonds is 6. The second kappa shape index (κ2) is 12.2. The molecule has 0 saturated heterocycles. The molecule has 0 N–H and O–H groups in total. The van der Waals surface area contributed by atoms with Gasteiger partial charge < -0.3 is 9.32 Å². The van der Waals surface area contributed by atoms with E-state index in [4.69, 9.17) is 9.40 Å². The number of anilines is 3. The van der Waals surface area contributed by atoms with Gasteiger partial charge in [0.15, 0.2) is 5.58 Å². The van der Waals surface area contributed by atoms with E-state index in [0.29, 0.717) is 5.89 Å². The summed E-state index contributed by atoms with van der Waals surface area (Å²) in [5.74, 6) is 0.627. The maximum atomic E-state index is 6.50. The van der Waals surface area contributed by atoms with Crippen LogP contribution in [0.15, 0.2) is 186 Å². The topological polar surface area (TPSA) is 29.3 Å². The van der Waals surface area contributed by atoms with Crippen LogP contribution in [0.2, 0.25) is 0 Å². The molecule has 53 heavy (non-hydrogen) atoms. The van der Waals surface area contributed by atoms with Crippen LogP contribution in [0, 0.1) is 0 Å². The van der Waals surface area contributed by atoms with Gasteiger partial charge in [-0.3, -0.25) is 0 Å². The van der Waals surface area contributed by atoms with E-state index < -0.39 is 0 Å². The lowest BCUT2D eigenvalue weighted by Gasteiger charge is -2.28. The molecule has 252 valence electrons. The van der Waals surface area contributed by atoms with Gasteiger partial charge >= 0.3 is 0 Å². The molecule has 0 aliphatic heterocycles. The lowest BCUT2D eigenvalue weighted by atomic mass is 9.82. The highest BCUT2D eigenvalue weighted by Gasteiger charge is 2.35. The van der Waals surface area contributed by atoms with Crippen molar-refractivity contribution in [2.75, 3.05) is 4.90 Å².